The fourth-order valence-corrected chi connectivity index (χ4v) is 9.48. The monoisotopic (exact) mass is 480 g/mol. The highest BCUT2D eigenvalue weighted by atomic mass is 32.2. The molecule has 9 heteroatoms. The van der Waals surface area contributed by atoms with Crippen molar-refractivity contribution in [1.82, 2.24) is 4.90 Å². The molecule has 2 aliphatic heterocycles. The van der Waals surface area contributed by atoms with Gasteiger partial charge in [-0.05, 0) is 35.7 Å². The fourth-order valence-electron chi connectivity index (χ4n) is 4.65. The second-order valence-corrected chi connectivity index (χ2v) is 13.2. The minimum Gasteiger partial charge on any atom is -0.367 e. The van der Waals surface area contributed by atoms with Gasteiger partial charge in [0.25, 0.3) is 0 Å². The van der Waals surface area contributed by atoms with Gasteiger partial charge in [0.1, 0.15) is 5.82 Å². The number of halogens is 1. The molecule has 2 atom stereocenters. The molecule has 0 unspecified atom stereocenters. The molecule has 0 amide bonds. The van der Waals surface area contributed by atoms with Crippen LogP contribution in [0.2, 0.25) is 0 Å². The molecule has 32 heavy (non-hydrogen) atoms. The first-order valence-electron chi connectivity index (χ1n) is 10.9. The van der Waals surface area contributed by atoms with Gasteiger partial charge in [-0.3, -0.25) is 4.90 Å². The molecule has 6 nitrogen and oxygen atoms in total. The number of piperazine rings is 1. The third kappa shape index (κ3) is 4.56. The lowest BCUT2D eigenvalue weighted by Gasteiger charge is -2.40. The Bertz CT molecular complexity index is 1170. The van der Waals surface area contributed by atoms with Gasteiger partial charge in [0.2, 0.25) is 0 Å². The Labute approximate surface area is 189 Å². The number of para-hydroxylation sites is 1. The summed E-state index contributed by atoms with van der Waals surface area (Å²) < 4.78 is 66.0. The molecule has 2 fully saturated rings. The predicted molar refractivity (Wildman–Crippen MR) is 124 cm³/mol. The van der Waals surface area contributed by atoms with Crippen molar-refractivity contribution in [2.45, 2.75) is 36.0 Å². The van der Waals surface area contributed by atoms with E-state index in [4.69, 9.17) is 0 Å². The highest BCUT2D eigenvalue weighted by Gasteiger charge is 2.48. The van der Waals surface area contributed by atoms with E-state index in [0.29, 0.717) is 31.9 Å². The van der Waals surface area contributed by atoms with E-state index < -0.39 is 31.0 Å². The highest BCUT2D eigenvalue weighted by molar-refractivity contribution is 7.96. The van der Waals surface area contributed by atoms with Gasteiger partial charge < -0.3 is 4.90 Å². The lowest BCUT2D eigenvalue weighted by atomic mass is 10.0. The van der Waals surface area contributed by atoms with Crippen LogP contribution in [0.4, 0.5) is 10.1 Å². The van der Waals surface area contributed by atoms with Crippen molar-refractivity contribution in [3.63, 3.8) is 0 Å². The summed E-state index contributed by atoms with van der Waals surface area (Å²) in [5, 5.41) is -1.00. The van der Waals surface area contributed by atoms with Crippen LogP contribution in [0.15, 0.2) is 53.4 Å². The maximum Gasteiger partial charge on any atom is 0.183 e. The van der Waals surface area contributed by atoms with Gasteiger partial charge in [0.05, 0.1) is 27.3 Å². The summed E-state index contributed by atoms with van der Waals surface area (Å²) in [6, 6.07) is 12.7. The summed E-state index contributed by atoms with van der Waals surface area (Å²) in [5.41, 5.74) is 1.55. The number of sulfone groups is 2. The number of nitrogens with zero attached hydrogens (tertiary/aromatic N) is 2. The zero-order valence-electron chi connectivity index (χ0n) is 18.3. The highest BCUT2D eigenvalue weighted by Crippen LogP contribution is 2.31. The van der Waals surface area contributed by atoms with Crippen LogP contribution in [0.3, 0.4) is 0 Å². The van der Waals surface area contributed by atoms with Gasteiger partial charge in [0.15, 0.2) is 19.7 Å². The Hall–Kier alpha value is -1.97. The topological polar surface area (TPSA) is 74.8 Å². The lowest BCUT2D eigenvalue weighted by molar-refractivity contribution is 0.201. The first kappa shape index (κ1) is 23.2. The van der Waals surface area contributed by atoms with E-state index >= 15 is 0 Å². The van der Waals surface area contributed by atoms with Gasteiger partial charge >= 0.3 is 0 Å². The maximum atomic E-state index is 14.1. The first-order chi connectivity index (χ1) is 15.1. The molecule has 2 aromatic rings. The van der Waals surface area contributed by atoms with Crippen LogP contribution >= 0.6 is 0 Å². The van der Waals surface area contributed by atoms with E-state index in [9.17, 15) is 21.2 Å². The summed E-state index contributed by atoms with van der Waals surface area (Å²) in [6.45, 7) is 6.04. The Morgan fingerprint density at radius 3 is 2.16 bits per heavy atom. The van der Waals surface area contributed by atoms with Gasteiger partial charge in [-0.2, -0.15) is 0 Å². The summed E-state index contributed by atoms with van der Waals surface area (Å²) in [5.74, 6) is -0.549. The van der Waals surface area contributed by atoms with Gasteiger partial charge in [-0.25, -0.2) is 21.2 Å². The molecule has 0 bridgehead atoms. The van der Waals surface area contributed by atoms with E-state index in [2.05, 4.69) is 0 Å². The fraction of sp³-hybridized carbons (Fsp3) is 0.478. The van der Waals surface area contributed by atoms with E-state index in [0.717, 1.165) is 5.56 Å². The molecule has 2 heterocycles. The minimum absolute atomic E-state index is 0.166. The van der Waals surface area contributed by atoms with Crippen LogP contribution in [-0.4, -0.2) is 70.7 Å². The van der Waals surface area contributed by atoms with Crippen molar-refractivity contribution < 1.29 is 21.2 Å². The lowest BCUT2D eigenvalue weighted by Crippen LogP contribution is -2.55. The van der Waals surface area contributed by atoms with Crippen molar-refractivity contribution in [1.29, 1.82) is 0 Å². The van der Waals surface area contributed by atoms with Crippen LogP contribution in [0.25, 0.3) is 0 Å². The number of benzene rings is 2. The van der Waals surface area contributed by atoms with Crippen LogP contribution in [-0.2, 0) is 19.7 Å². The van der Waals surface area contributed by atoms with Gasteiger partial charge in [-0.1, -0.05) is 38.1 Å². The van der Waals surface area contributed by atoms with Crippen molar-refractivity contribution in [3.05, 3.63) is 59.9 Å². The second kappa shape index (κ2) is 8.76. The summed E-state index contributed by atoms with van der Waals surface area (Å²) in [7, 11) is -7.29. The standard InChI is InChI=1S/C23H29FN2O4S2/c1-17(2)18-7-9-19(10-8-18)32(29,30)23-16-31(27,28)15-22(23)26-13-11-25(12-14-26)21-6-4-3-5-20(21)24/h3-10,17,22-23H,11-16H2,1-2H3/t22-,23-/m0/s1. The first-order valence-corrected chi connectivity index (χ1v) is 14.2. The van der Waals surface area contributed by atoms with Crippen molar-refractivity contribution in [2.24, 2.45) is 0 Å². The zero-order chi connectivity index (χ0) is 23.1. The molecule has 2 saturated heterocycles. The maximum absolute atomic E-state index is 14.1. The molecule has 0 aliphatic carbocycles. The van der Waals surface area contributed by atoms with Crippen LogP contribution in [0.5, 0.6) is 0 Å². The Kier molecular flexibility index (Phi) is 6.35. The van der Waals surface area contributed by atoms with Gasteiger partial charge in [-0.15, -0.1) is 0 Å². The van der Waals surface area contributed by atoms with Crippen LogP contribution < -0.4 is 4.90 Å². The molecule has 174 valence electrons. The molecule has 2 aliphatic rings. The number of hydrogen-bond donors (Lipinski definition) is 0. The number of rotatable bonds is 5. The molecular formula is C23H29FN2O4S2. The van der Waals surface area contributed by atoms with E-state index in [1.807, 2.05) is 23.6 Å². The largest absolute Gasteiger partial charge is 0.367 e. The van der Waals surface area contributed by atoms with Crippen molar-refractivity contribution >= 4 is 25.4 Å². The quantitative estimate of drug-likeness (QED) is 0.655. The summed E-state index contributed by atoms with van der Waals surface area (Å²) >= 11 is 0. The molecule has 0 N–H and O–H groups in total. The van der Waals surface area contributed by atoms with Crippen molar-refractivity contribution in [3.8, 4) is 0 Å². The molecule has 2 aromatic carbocycles. The smallest absolute Gasteiger partial charge is 0.183 e. The molecule has 0 saturated carbocycles. The average molecular weight is 481 g/mol. The minimum atomic E-state index is -3.82. The SMILES string of the molecule is CC(C)c1ccc(S(=O)(=O)[C@H]2CS(=O)(=O)C[C@@H]2N2CCN(c3ccccc3F)CC2)cc1. The molecular weight excluding hydrogens is 451 g/mol. The van der Waals surface area contributed by atoms with Crippen molar-refractivity contribution in [2.75, 3.05) is 42.6 Å². The Morgan fingerprint density at radius 2 is 1.56 bits per heavy atom. The number of anilines is 1. The zero-order valence-corrected chi connectivity index (χ0v) is 19.9. The van der Waals surface area contributed by atoms with E-state index in [1.165, 1.54) is 6.07 Å². The third-order valence-corrected chi connectivity index (χ3v) is 10.7. The average Bonchev–Trinajstić information content (AvgIpc) is 3.10. The molecule has 4 rings (SSSR count). The van der Waals surface area contributed by atoms with E-state index in [1.54, 1.807) is 42.5 Å². The van der Waals surface area contributed by atoms with E-state index in [-0.39, 0.29) is 28.1 Å². The Balaban J connectivity index is 1.55. The molecule has 0 radical (unpaired) electrons. The van der Waals surface area contributed by atoms with Crippen LogP contribution in [0, 0.1) is 5.82 Å². The normalized spacial score (nSPS) is 24.2. The molecule has 0 spiro atoms. The predicted octanol–water partition coefficient (Wildman–Crippen LogP) is 2.71. The van der Waals surface area contributed by atoms with Gasteiger partial charge in [0, 0.05) is 32.2 Å². The summed E-state index contributed by atoms with van der Waals surface area (Å²) in [4.78, 5) is 4.04. The number of hydrogen-bond acceptors (Lipinski definition) is 6. The third-order valence-electron chi connectivity index (χ3n) is 6.52. The Morgan fingerprint density at radius 1 is 0.938 bits per heavy atom. The summed E-state index contributed by atoms with van der Waals surface area (Å²) in [6.07, 6.45) is 0. The second-order valence-electron chi connectivity index (χ2n) is 8.93. The van der Waals surface area contributed by atoms with Crippen LogP contribution in [0.1, 0.15) is 25.3 Å². The molecule has 0 aromatic heterocycles.